The van der Waals surface area contributed by atoms with E-state index in [1.165, 1.54) is 38.4 Å². The van der Waals surface area contributed by atoms with Crippen molar-refractivity contribution in [2.24, 2.45) is 0 Å². The molecule has 4 aromatic carbocycles. The summed E-state index contributed by atoms with van der Waals surface area (Å²) < 4.78 is 0. The molecule has 0 atom stereocenters. The molecule has 0 unspecified atom stereocenters. The predicted molar refractivity (Wildman–Crippen MR) is 118 cm³/mol. The summed E-state index contributed by atoms with van der Waals surface area (Å²) >= 11 is 6.25. The van der Waals surface area contributed by atoms with Crippen LogP contribution in [0.3, 0.4) is 0 Å². The lowest BCUT2D eigenvalue weighted by Gasteiger charge is -2.13. The largest absolute Gasteiger partial charge is 0.247 e. The normalized spacial score (nSPS) is 12.3. The number of fused-ring (bicyclic) bond motifs is 7. The Hall–Kier alpha value is -3.16. The first-order valence-corrected chi connectivity index (χ1v) is 9.86. The van der Waals surface area contributed by atoms with E-state index in [0.717, 1.165) is 28.2 Å². The highest BCUT2D eigenvalue weighted by molar-refractivity contribution is 6.30. The molecule has 2 heteroatoms. The maximum atomic E-state index is 6.25. The Morgan fingerprint density at radius 2 is 1.43 bits per heavy atom. The standard InChI is InChI=1S/C26H16ClN/c27-18-10-11-19-17(14-18)15-24-21(19)12-13-23-20-8-4-5-9-22(20)25(28-26(23)24)16-6-2-1-3-7-16/h1-14H,15H2. The summed E-state index contributed by atoms with van der Waals surface area (Å²) in [5.74, 6) is 0. The van der Waals surface area contributed by atoms with Gasteiger partial charge in [0.15, 0.2) is 0 Å². The van der Waals surface area contributed by atoms with Gasteiger partial charge in [0.05, 0.1) is 11.2 Å². The predicted octanol–water partition coefficient (Wildman–Crippen LogP) is 7.28. The van der Waals surface area contributed by atoms with Gasteiger partial charge in [0.1, 0.15) is 0 Å². The molecule has 132 valence electrons. The summed E-state index contributed by atoms with van der Waals surface area (Å²) in [6.07, 6.45) is 0.877. The molecule has 0 amide bonds. The van der Waals surface area contributed by atoms with E-state index in [9.17, 15) is 0 Å². The van der Waals surface area contributed by atoms with Gasteiger partial charge in [-0.1, -0.05) is 84.4 Å². The van der Waals surface area contributed by atoms with Crippen LogP contribution in [0.4, 0.5) is 0 Å². The quantitative estimate of drug-likeness (QED) is 0.274. The first-order valence-electron chi connectivity index (χ1n) is 9.48. The van der Waals surface area contributed by atoms with Gasteiger partial charge in [0.2, 0.25) is 0 Å². The number of aromatic nitrogens is 1. The number of pyridine rings is 1. The van der Waals surface area contributed by atoms with E-state index in [1.54, 1.807) is 0 Å². The second kappa shape index (κ2) is 5.92. The summed E-state index contributed by atoms with van der Waals surface area (Å²) in [6.45, 7) is 0. The van der Waals surface area contributed by atoms with E-state index in [4.69, 9.17) is 16.6 Å². The molecule has 0 spiro atoms. The third kappa shape index (κ3) is 2.23. The van der Waals surface area contributed by atoms with Crippen LogP contribution < -0.4 is 0 Å². The summed E-state index contributed by atoms with van der Waals surface area (Å²) in [7, 11) is 0. The van der Waals surface area contributed by atoms with Crippen molar-refractivity contribution in [3.05, 3.63) is 101 Å². The van der Waals surface area contributed by atoms with Crippen LogP contribution >= 0.6 is 11.6 Å². The van der Waals surface area contributed by atoms with Gasteiger partial charge in [-0.15, -0.1) is 0 Å². The highest BCUT2D eigenvalue weighted by atomic mass is 35.5. The molecule has 1 heterocycles. The highest BCUT2D eigenvalue weighted by Crippen LogP contribution is 2.43. The molecular formula is C26H16ClN. The van der Waals surface area contributed by atoms with Crippen LogP contribution in [-0.4, -0.2) is 4.98 Å². The molecule has 0 bridgehead atoms. The fourth-order valence-corrected chi connectivity index (χ4v) is 4.68. The molecule has 28 heavy (non-hydrogen) atoms. The van der Waals surface area contributed by atoms with Crippen LogP contribution in [-0.2, 0) is 6.42 Å². The Kier molecular flexibility index (Phi) is 3.35. The lowest BCUT2D eigenvalue weighted by molar-refractivity contribution is 1.26. The van der Waals surface area contributed by atoms with Crippen LogP contribution in [0.5, 0.6) is 0 Å². The van der Waals surface area contributed by atoms with E-state index in [0.29, 0.717) is 0 Å². The van der Waals surface area contributed by atoms with Crippen LogP contribution in [0.15, 0.2) is 84.9 Å². The number of nitrogens with zero attached hydrogens (tertiary/aromatic N) is 1. The van der Waals surface area contributed by atoms with Gasteiger partial charge in [-0.25, -0.2) is 4.98 Å². The topological polar surface area (TPSA) is 12.9 Å². The molecule has 6 rings (SSSR count). The van der Waals surface area contributed by atoms with E-state index >= 15 is 0 Å². The average molecular weight is 378 g/mol. The molecule has 0 N–H and O–H groups in total. The number of benzene rings is 4. The number of hydrogen-bond donors (Lipinski definition) is 0. The minimum atomic E-state index is 0.791. The molecule has 0 saturated heterocycles. The SMILES string of the molecule is Clc1ccc2c(c1)Cc1c-2ccc2c1nc(-c1ccccc1)c1ccccc12. The van der Waals surface area contributed by atoms with Crippen molar-refractivity contribution in [3.63, 3.8) is 0 Å². The van der Waals surface area contributed by atoms with Gasteiger partial charge in [0.25, 0.3) is 0 Å². The second-order valence-corrected chi connectivity index (χ2v) is 7.77. The maximum absolute atomic E-state index is 6.25. The molecular weight excluding hydrogens is 362 g/mol. The zero-order valence-corrected chi connectivity index (χ0v) is 15.9. The molecule has 0 fully saturated rings. The molecule has 1 nitrogen and oxygen atoms in total. The smallest absolute Gasteiger partial charge is 0.0788 e. The van der Waals surface area contributed by atoms with Gasteiger partial charge in [-0.05, 0) is 39.8 Å². The molecule has 1 aliphatic carbocycles. The molecule has 0 radical (unpaired) electrons. The van der Waals surface area contributed by atoms with Crippen LogP contribution in [0.25, 0.3) is 44.1 Å². The molecule has 1 aliphatic rings. The van der Waals surface area contributed by atoms with Gasteiger partial charge in [0, 0.05) is 27.8 Å². The summed E-state index contributed by atoms with van der Waals surface area (Å²) in [4.78, 5) is 5.22. The van der Waals surface area contributed by atoms with Crippen molar-refractivity contribution in [3.8, 4) is 22.4 Å². The van der Waals surface area contributed by atoms with Crippen LogP contribution in [0.1, 0.15) is 11.1 Å². The number of halogens is 1. The van der Waals surface area contributed by atoms with Gasteiger partial charge >= 0.3 is 0 Å². The van der Waals surface area contributed by atoms with Crippen molar-refractivity contribution < 1.29 is 0 Å². The average Bonchev–Trinajstić information content (AvgIpc) is 3.11. The Morgan fingerprint density at radius 1 is 0.679 bits per heavy atom. The van der Waals surface area contributed by atoms with E-state index in [-0.39, 0.29) is 0 Å². The zero-order chi connectivity index (χ0) is 18.7. The number of hydrogen-bond acceptors (Lipinski definition) is 1. The van der Waals surface area contributed by atoms with Gasteiger partial charge in [-0.2, -0.15) is 0 Å². The number of rotatable bonds is 1. The Balaban J connectivity index is 1.72. The monoisotopic (exact) mass is 377 g/mol. The lowest BCUT2D eigenvalue weighted by Crippen LogP contribution is -1.93. The molecule has 0 saturated carbocycles. The van der Waals surface area contributed by atoms with E-state index in [2.05, 4.69) is 72.8 Å². The lowest BCUT2D eigenvalue weighted by atomic mass is 9.96. The Bertz CT molecular complexity index is 1390. The summed E-state index contributed by atoms with van der Waals surface area (Å²) in [6, 6.07) is 29.7. The Labute approximate surface area is 168 Å². The van der Waals surface area contributed by atoms with Gasteiger partial charge in [-0.3, -0.25) is 0 Å². The first kappa shape index (κ1) is 15.9. The molecule has 1 aromatic heterocycles. The van der Waals surface area contributed by atoms with E-state index < -0.39 is 0 Å². The van der Waals surface area contributed by atoms with Crippen molar-refractivity contribution in [2.45, 2.75) is 6.42 Å². The first-order chi connectivity index (χ1) is 13.8. The van der Waals surface area contributed by atoms with Crippen molar-refractivity contribution in [1.29, 1.82) is 0 Å². The third-order valence-electron chi connectivity index (χ3n) is 5.75. The summed E-state index contributed by atoms with van der Waals surface area (Å²) in [5, 5.41) is 4.45. The molecule has 0 aliphatic heterocycles. The van der Waals surface area contributed by atoms with Gasteiger partial charge < -0.3 is 0 Å². The zero-order valence-electron chi connectivity index (χ0n) is 15.1. The van der Waals surface area contributed by atoms with Crippen LogP contribution in [0.2, 0.25) is 5.02 Å². The fraction of sp³-hybridized carbons (Fsp3) is 0.0385. The highest BCUT2D eigenvalue weighted by Gasteiger charge is 2.23. The maximum Gasteiger partial charge on any atom is 0.0788 e. The molecule has 5 aromatic rings. The van der Waals surface area contributed by atoms with Crippen molar-refractivity contribution >= 4 is 33.3 Å². The van der Waals surface area contributed by atoms with Crippen molar-refractivity contribution in [1.82, 2.24) is 4.98 Å². The minimum absolute atomic E-state index is 0.791. The minimum Gasteiger partial charge on any atom is -0.247 e. The van der Waals surface area contributed by atoms with E-state index in [1.807, 2.05) is 12.1 Å². The Morgan fingerprint density at radius 3 is 2.29 bits per heavy atom. The summed E-state index contributed by atoms with van der Waals surface area (Å²) in [5.41, 5.74) is 8.44. The van der Waals surface area contributed by atoms with Crippen LogP contribution in [0, 0.1) is 0 Å². The fourth-order valence-electron chi connectivity index (χ4n) is 4.49. The third-order valence-corrected chi connectivity index (χ3v) is 5.99. The second-order valence-electron chi connectivity index (χ2n) is 7.34. The van der Waals surface area contributed by atoms with Crippen molar-refractivity contribution in [2.75, 3.05) is 0 Å².